The normalized spacial score (nSPS) is 21.7. The fourth-order valence-electron chi connectivity index (χ4n) is 2.87. The van der Waals surface area contributed by atoms with Crippen LogP contribution in [0, 0.1) is 11.8 Å². The Kier molecular flexibility index (Phi) is 8.68. The highest BCUT2D eigenvalue weighted by molar-refractivity contribution is 14.0. The van der Waals surface area contributed by atoms with Crippen molar-refractivity contribution in [3.63, 3.8) is 0 Å². The quantitative estimate of drug-likeness (QED) is 0.424. The Hall–Kier alpha value is -1.02. The zero-order valence-corrected chi connectivity index (χ0v) is 16.4. The minimum atomic E-state index is 0. The summed E-state index contributed by atoms with van der Waals surface area (Å²) >= 11 is 0. The summed E-state index contributed by atoms with van der Waals surface area (Å²) in [5.41, 5.74) is 6.89. The molecule has 6 heteroatoms. The van der Waals surface area contributed by atoms with Crippen LogP contribution >= 0.6 is 24.0 Å². The fourth-order valence-corrected chi connectivity index (χ4v) is 2.87. The van der Waals surface area contributed by atoms with Crippen LogP contribution in [0.25, 0.3) is 0 Å². The number of benzene rings is 1. The van der Waals surface area contributed by atoms with Crippen LogP contribution in [-0.2, 0) is 4.74 Å². The zero-order valence-electron chi connectivity index (χ0n) is 14.1. The van der Waals surface area contributed by atoms with Crippen LogP contribution in [0.5, 0.6) is 5.75 Å². The van der Waals surface area contributed by atoms with Gasteiger partial charge in [0, 0.05) is 24.8 Å². The van der Waals surface area contributed by atoms with Crippen molar-refractivity contribution in [1.82, 2.24) is 0 Å². The smallest absolute Gasteiger partial charge is 0.193 e. The first-order chi connectivity index (χ1) is 10.6. The zero-order chi connectivity index (χ0) is 15.9. The molecule has 0 aliphatic carbocycles. The summed E-state index contributed by atoms with van der Waals surface area (Å²) in [4.78, 5) is 4.49. The number of aliphatic imine (C=N–C) groups is 1. The van der Waals surface area contributed by atoms with Gasteiger partial charge in [-0.25, -0.2) is 0 Å². The minimum absolute atomic E-state index is 0. The number of nitrogens with zero attached hydrogens (tertiary/aromatic N) is 1. The molecule has 0 saturated carbocycles. The Morgan fingerprint density at radius 2 is 2.09 bits per heavy atom. The van der Waals surface area contributed by atoms with E-state index >= 15 is 0 Å². The number of ether oxygens (including phenoxy) is 2. The Labute approximate surface area is 156 Å². The van der Waals surface area contributed by atoms with E-state index in [2.05, 4.69) is 24.2 Å². The second kappa shape index (κ2) is 9.97. The van der Waals surface area contributed by atoms with Gasteiger partial charge in [0.05, 0.1) is 13.2 Å². The summed E-state index contributed by atoms with van der Waals surface area (Å²) in [5, 5.41) is 3.11. The van der Waals surface area contributed by atoms with Crippen molar-refractivity contribution in [1.29, 1.82) is 0 Å². The lowest BCUT2D eigenvalue weighted by molar-refractivity contribution is -0.0491. The molecule has 2 unspecified atom stereocenters. The molecular formula is C17H28IN3O2. The van der Waals surface area contributed by atoms with Gasteiger partial charge < -0.3 is 20.5 Å². The summed E-state index contributed by atoms with van der Waals surface area (Å²) in [7, 11) is 1.65. The molecule has 1 saturated heterocycles. The molecule has 0 bridgehead atoms. The van der Waals surface area contributed by atoms with Crippen LogP contribution in [0.1, 0.15) is 26.7 Å². The Balaban J connectivity index is 0.00000264. The highest BCUT2D eigenvalue weighted by atomic mass is 127. The van der Waals surface area contributed by atoms with E-state index in [1.165, 1.54) is 0 Å². The summed E-state index contributed by atoms with van der Waals surface area (Å²) in [6.45, 7) is 5.97. The van der Waals surface area contributed by atoms with Gasteiger partial charge in [0.1, 0.15) is 5.75 Å². The van der Waals surface area contributed by atoms with Gasteiger partial charge in [-0.05, 0) is 43.0 Å². The largest absolute Gasteiger partial charge is 0.497 e. The van der Waals surface area contributed by atoms with Gasteiger partial charge in [-0.1, -0.05) is 13.8 Å². The topological polar surface area (TPSA) is 68.9 Å². The average molecular weight is 433 g/mol. The van der Waals surface area contributed by atoms with Gasteiger partial charge in [0.25, 0.3) is 0 Å². The SMILES string of the molecule is COc1ccc(NC(N)=NCC2CCCOC2C(C)C)cc1.I. The van der Waals surface area contributed by atoms with Crippen molar-refractivity contribution >= 4 is 35.6 Å². The lowest BCUT2D eigenvalue weighted by Crippen LogP contribution is -2.36. The first-order valence-corrected chi connectivity index (χ1v) is 7.92. The molecule has 1 heterocycles. The summed E-state index contributed by atoms with van der Waals surface area (Å²) in [6.07, 6.45) is 2.54. The summed E-state index contributed by atoms with van der Waals surface area (Å²) in [5.74, 6) is 2.22. The van der Waals surface area contributed by atoms with E-state index in [1.54, 1.807) is 7.11 Å². The second-order valence-corrected chi connectivity index (χ2v) is 6.06. The van der Waals surface area contributed by atoms with Crippen molar-refractivity contribution in [3.05, 3.63) is 24.3 Å². The molecule has 3 N–H and O–H groups in total. The van der Waals surface area contributed by atoms with Crippen molar-refractivity contribution in [2.24, 2.45) is 22.6 Å². The molecule has 0 aromatic heterocycles. The van der Waals surface area contributed by atoms with Crippen molar-refractivity contribution < 1.29 is 9.47 Å². The van der Waals surface area contributed by atoms with E-state index in [4.69, 9.17) is 15.2 Å². The number of rotatable bonds is 5. The van der Waals surface area contributed by atoms with Gasteiger partial charge in [0.2, 0.25) is 0 Å². The van der Waals surface area contributed by atoms with E-state index in [1.807, 2.05) is 24.3 Å². The standard InChI is InChI=1S/C17H27N3O2.HI/c1-12(2)16-13(5-4-10-22-16)11-19-17(18)20-14-6-8-15(21-3)9-7-14;/h6-9,12-13,16H,4-5,10-11H2,1-3H3,(H3,18,19,20);1H. The molecule has 1 fully saturated rings. The third-order valence-electron chi connectivity index (χ3n) is 4.01. The van der Waals surface area contributed by atoms with Crippen LogP contribution in [0.15, 0.2) is 29.3 Å². The predicted molar refractivity (Wildman–Crippen MR) is 106 cm³/mol. The minimum Gasteiger partial charge on any atom is -0.497 e. The van der Waals surface area contributed by atoms with Crippen molar-refractivity contribution in [3.8, 4) is 5.75 Å². The van der Waals surface area contributed by atoms with Crippen LogP contribution < -0.4 is 15.8 Å². The first-order valence-electron chi connectivity index (χ1n) is 7.92. The number of nitrogens with two attached hydrogens (primary N) is 1. The van der Waals surface area contributed by atoms with Gasteiger partial charge >= 0.3 is 0 Å². The molecule has 1 aromatic rings. The molecule has 130 valence electrons. The fraction of sp³-hybridized carbons (Fsp3) is 0.588. The number of methoxy groups -OCH3 is 1. The Bertz CT molecular complexity index is 491. The van der Waals surface area contributed by atoms with Gasteiger partial charge in [-0.2, -0.15) is 0 Å². The highest BCUT2D eigenvalue weighted by Gasteiger charge is 2.28. The lowest BCUT2D eigenvalue weighted by atomic mass is 9.87. The maximum atomic E-state index is 5.98. The third kappa shape index (κ3) is 6.18. The molecule has 0 radical (unpaired) electrons. The molecular weight excluding hydrogens is 405 g/mol. The monoisotopic (exact) mass is 433 g/mol. The maximum Gasteiger partial charge on any atom is 0.193 e. The van der Waals surface area contributed by atoms with E-state index in [0.29, 0.717) is 24.3 Å². The third-order valence-corrected chi connectivity index (χ3v) is 4.01. The lowest BCUT2D eigenvalue weighted by Gasteiger charge is -2.33. The molecule has 23 heavy (non-hydrogen) atoms. The van der Waals surface area contributed by atoms with Crippen LogP contribution in [0.3, 0.4) is 0 Å². The number of hydrogen-bond acceptors (Lipinski definition) is 3. The Morgan fingerprint density at radius 3 is 2.70 bits per heavy atom. The van der Waals surface area contributed by atoms with Crippen LogP contribution in [0.4, 0.5) is 5.69 Å². The molecule has 2 rings (SSSR count). The van der Waals surface area contributed by atoms with Gasteiger partial charge in [-0.15, -0.1) is 24.0 Å². The van der Waals surface area contributed by atoms with Gasteiger partial charge in [0.15, 0.2) is 5.96 Å². The molecule has 1 aliphatic rings. The number of halogens is 1. The number of guanidine groups is 1. The first kappa shape index (κ1) is 20.0. The number of hydrogen-bond donors (Lipinski definition) is 2. The van der Waals surface area contributed by atoms with Crippen molar-refractivity contribution in [2.75, 3.05) is 25.6 Å². The van der Waals surface area contributed by atoms with Gasteiger partial charge in [-0.3, -0.25) is 4.99 Å². The van der Waals surface area contributed by atoms with Crippen LogP contribution in [0.2, 0.25) is 0 Å². The van der Waals surface area contributed by atoms with E-state index in [-0.39, 0.29) is 30.1 Å². The molecule has 1 aromatic carbocycles. The highest BCUT2D eigenvalue weighted by Crippen LogP contribution is 2.26. The maximum absolute atomic E-state index is 5.98. The molecule has 2 atom stereocenters. The molecule has 5 nitrogen and oxygen atoms in total. The number of nitrogens with one attached hydrogen (secondary N) is 1. The van der Waals surface area contributed by atoms with Crippen molar-refractivity contribution in [2.45, 2.75) is 32.8 Å². The van der Waals surface area contributed by atoms with Crippen LogP contribution in [-0.4, -0.2) is 32.3 Å². The molecule has 0 spiro atoms. The van der Waals surface area contributed by atoms with E-state index < -0.39 is 0 Å². The van der Waals surface area contributed by atoms with E-state index in [0.717, 1.165) is 30.9 Å². The average Bonchev–Trinajstić information content (AvgIpc) is 2.54. The van der Waals surface area contributed by atoms with E-state index in [9.17, 15) is 0 Å². The predicted octanol–water partition coefficient (Wildman–Crippen LogP) is 3.49. The molecule has 0 amide bonds. The summed E-state index contributed by atoms with van der Waals surface area (Å²) in [6, 6.07) is 7.61. The Morgan fingerprint density at radius 1 is 1.39 bits per heavy atom. The number of anilines is 1. The molecule has 1 aliphatic heterocycles. The second-order valence-electron chi connectivity index (χ2n) is 6.06. The summed E-state index contributed by atoms with van der Waals surface area (Å²) < 4.78 is 11.0.